The first-order valence-corrected chi connectivity index (χ1v) is 11.9. The van der Waals surface area contributed by atoms with Crippen molar-refractivity contribution in [2.45, 2.75) is 11.3 Å². The van der Waals surface area contributed by atoms with Crippen LogP contribution in [0.4, 0.5) is 27.1 Å². The SMILES string of the molecule is O=S(=O)(c1ccc(OC(F)(F)F)cc1)N1CCN(c2nc(-c3cc(F)cc(F)c3)cs2)CC1. The van der Waals surface area contributed by atoms with Gasteiger partial charge < -0.3 is 9.64 Å². The zero-order valence-corrected chi connectivity index (χ0v) is 18.4. The maximum atomic E-state index is 13.5. The molecule has 0 aliphatic carbocycles. The first-order valence-electron chi connectivity index (χ1n) is 9.54. The fraction of sp³-hybridized carbons (Fsp3) is 0.250. The lowest BCUT2D eigenvalue weighted by atomic mass is 10.1. The van der Waals surface area contributed by atoms with E-state index in [0.29, 0.717) is 29.5 Å². The molecule has 0 unspecified atom stereocenters. The monoisotopic (exact) mass is 505 g/mol. The second kappa shape index (κ2) is 8.88. The van der Waals surface area contributed by atoms with Gasteiger partial charge in [-0.25, -0.2) is 22.2 Å². The number of alkyl halides is 3. The lowest BCUT2D eigenvalue weighted by Gasteiger charge is -2.33. The third-order valence-electron chi connectivity index (χ3n) is 4.85. The zero-order valence-electron chi connectivity index (χ0n) is 16.7. The van der Waals surface area contributed by atoms with E-state index in [1.165, 1.54) is 27.8 Å². The molecule has 0 atom stereocenters. The number of piperazine rings is 1. The van der Waals surface area contributed by atoms with Gasteiger partial charge in [0.1, 0.15) is 17.4 Å². The van der Waals surface area contributed by atoms with Crippen molar-refractivity contribution in [3.8, 4) is 17.0 Å². The molecule has 1 saturated heterocycles. The molecule has 0 amide bonds. The zero-order chi connectivity index (χ0) is 23.8. The van der Waals surface area contributed by atoms with E-state index in [1.807, 2.05) is 4.90 Å². The van der Waals surface area contributed by atoms with Crippen molar-refractivity contribution in [2.75, 3.05) is 31.1 Å². The number of ether oxygens (including phenoxy) is 1. The quantitative estimate of drug-likeness (QED) is 0.478. The molecule has 0 spiro atoms. The lowest BCUT2D eigenvalue weighted by molar-refractivity contribution is -0.274. The Balaban J connectivity index is 1.42. The van der Waals surface area contributed by atoms with E-state index >= 15 is 0 Å². The number of anilines is 1. The summed E-state index contributed by atoms with van der Waals surface area (Å²) in [4.78, 5) is 6.12. The summed E-state index contributed by atoms with van der Waals surface area (Å²) in [6, 6.07) is 7.15. The van der Waals surface area contributed by atoms with E-state index < -0.39 is 33.8 Å². The molecule has 6 nitrogen and oxygen atoms in total. The van der Waals surface area contributed by atoms with Gasteiger partial charge >= 0.3 is 6.36 Å². The smallest absolute Gasteiger partial charge is 0.406 e. The highest BCUT2D eigenvalue weighted by Crippen LogP contribution is 2.30. The van der Waals surface area contributed by atoms with E-state index in [9.17, 15) is 30.4 Å². The largest absolute Gasteiger partial charge is 0.573 e. The van der Waals surface area contributed by atoms with Crippen molar-refractivity contribution in [2.24, 2.45) is 0 Å². The van der Waals surface area contributed by atoms with Crippen LogP contribution in [0.5, 0.6) is 5.75 Å². The summed E-state index contributed by atoms with van der Waals surface area (Å²) in [5.74, 6) is -1.93. The van der Waals surface area contributed by atoms with Crippen LogP contribution in [0.1, 0.15) is 0 Å². The van der Waals surface area contributed by atoms with Crippen LogP contribution in [0.3, 0.4) is 0 Å². The molecular formula is C20H16F5N3O3S2. The number of nitrogens with zero attached hydrogens (tertiary/aromatic N) is 3. The normalized spacial score (nSPS) is 15.6. The topological polar surface area (TPSA) is 62.7 Å². The van der Waals surface area contributed by atoms with Gasteiger partial charge in [-0.05, 0) is 36.4 Å². The van der Waals surface area contributed by atoms with Crippen molar-refractivity contribution in [1.82, 2.24) is 9.29 Å². The molecule has 1 fully saturated rings. The number of hydrogen-bond donors (Lipinski definition) is 0. The maximum absolute atomic E-state index is 13.5. The van der Waals surface area contributed by atoms with Gasteiger partial charge in [0.15, 0.2) is 5.13 Å². The van der Waals surface area contributed by atoms with Crippen molar-refractivity contribution < 1.29 is 35.1 Å². The second-order valence-electron chi connectivity index (χ2n) is 7.08. The fourth-order valence-electron chi connectivity index (χ4n) is 3.33. The molecule has 0 N–H and O–H groups in total. The highest BCUT2D eigenvalue weighted by Gasteiger charge is 2.32. The number of aromatic nitrogens is 1. The molecule has 2 heterocycles. The van der Waals surface area contributed by atoms with Crippen LogP contribution in [0.2, 0.25) is 0 Å². The van der Waals surface area contributed by atoms with Crippen molar-refractivity contribution in [3.05, 3.63) is 59.5 Å². The molecule has 1 aromatic heterocycles. The average molecular weight is 505 g/mol. The standard InChI is InChI=1S/C20H16F5N3O3S2/c21-14-9-13(10-15(22)11-14)18-12-32-19(26-18)27-5-7-28(8-6-27)33(29,30)17-3-1-16(2-4-17)31-20(23,24)25/h1-4,9-12H,5-8H2. The van der Waals surface area contributed by atoms with Crippen LogP contribution in [0.15, 0.2) is 52.7 Å². The predicted octanol–water partition coefficient (Wildman–Crippen LogP) is 4.50. The molecule has 176 valence electrons. The number of halogens is 5. The van der Waals surface area contributed by atoms with E-state index in [1.54, 1.807) is 5.38 Å². The first kappa shape index (κ1) is 23.4. The van der Waals surface area contributed by atoms with Crippen molar-refractivity contribution in [3.63, 3.8) is 0 Å². The van der Waals surface area contributed by atoms with Crippen LogP contribution in [-0.4, -0.2) is 50.2 Å². The maximum Gasteiger partial charge on any atom is 0.573 e. The molecule has 33 heavy (non-hydrogen) atoms. The average Bonchev–Trinajstić information content (AvgIpc) is 3.23. The molecule has 0 radical (unpaired) electrons. The van der Waals surface area contributed by atoms with Gasteiger partial charge in [-0.2, -0.15) is 4.31 Å². The molecule has 1 aliphatic rings. The Labute approximate surface area is 189 Å². The van der Waals surface area contributed by atoms with Gasteiger partial charge in [0.2, 0.25) is 10.0 Å². The van der Waals surface area contributed by atoms with Crippen LogP contribution in [-0.2, 0) is 10.0 Å². The summed E-state index contributed by atoms with van der Waals surface area (Å²) < 4.78 is 94.5. The fourth-order valence-corrected chi connectivity index (χ4v) is 5.64. The van der Waals surface area contributed by atoms with E-state index in [4.69, 9.17) is 0 Å². The Morgan fingerprint density at radius 2 is 1.55 bits per heavy atom. The minimum absolute atomic E-state index is 0.132. The minimum Gasteiger partial charge on any atom is -0.406 e. The van der Waals surface area contributed by atoms with E-state index in [2.05, 4.69) is 9.72 Å². The Kier molecular flexibility index (Phi) is 6.29. The Morgan fingerprint density at radius 3 is 2.12 bits per heavy atom. The molecular weight excluding hydrogens is 489 g/mol. The molecule has 0 bridgehead atoms. The van der Waals surface area contributed by atoms with Crippen molar-refractivity contribution in [1.29, 1.82) is 0 Å². The molecule has 0 saturated carbocycles. The van der Waals surface area contributed by atoms with E-state index in [-0.39, 0.29) is 18.0 Å². The number of hydrogen-bond acceptors (Lipinski definition) is 6. The van der Waals surface area contributed by atoms with Gasteiger partial charge in [-0.3, -0.25) is 0 Å². The summed E-state index contributed by atoms with van der Waals surface area (Å²) in [5, 5.41) is 2.25. The third-order valence-corrected chi connectivity index (χ3v) is 7.67. The summed E-state index contributed by atoms with van der Waals surface area (Å²) >= 11 is 1.27. The predicted molar refractivity (Wildman–Crippen MR) is 112 cm³/mol. The van der Waals surface area contributed by atoms with Crippen LogP contribution in [0.25, 0.3) is 11.3 Å². The van der Waals surface area contributed by atoms with Gasteiger partial charge in [-0.1, -0.05) is 0 Å². The number of rotatable bonds is 5. The first-order chi connectivity index (χ1) is 15.5. The van der Waals surface area contributed by atoms with Crippen LogP contribution >= 0.6 is 11.3 Å². The van der Waals surface area contributed by atoms with Gasteiger partial charge in [0, 0.05) is 43.2 Å². The van der Waals surface area contributed by atoms with Crippen LogP contribution < -0.4 is 9.64 Å². The van der Waals surface area contributed by atoms with Gasteiger partial charge in [0.25, 0.3) is 0 Å². The van der Waals surface area contributed by atoms with Crippen LogP contribution in [0, 0.1) is 11.6 Å². The summed E-state index contributed by atoms with van der Waals surface area (Å²) in [5.41, 5.74) is 0.707. The van der Waals surface area contributed by atoms with E-state index in [0.717, 1.165) is 30.3 Å². The summed E-state index contributed by atoms with van der Waals surface area (Å²) in [6.07, 6.45) is -4.87. The molecule has 3 aromatic rings. The Hall–Kier alpha value is -2.77. The van der Waals surface area contributed by atoms with Gasteiger partial charge in [-0.15, -0.1) is 24.5 Å². The highest BCUT2D eigenvalue weighted by molar-refractivity contribution is 7.89. The summed E-state index contributed by atoms with van der Waals surface area (Å²) in [6.45, 7) is 0.900. The Morgan fingerprint density at radius 1 is 0.939 bits per heavy atom. The van der Waals surface area contributed by atoms with Crippen molar-refractivity contribution >= 4 is 26.5 Å². The Bertz CT molecular complexity index is 1220. The number of benzene rings is 2. The molecule has 4 rings (SSSR count). The molecule has 2 aromatic carbocycles. The highest BCUT2D eigenvalue weighted by atomic mass is 32.2. The molecule has 13 heteroatoms. The minimum atomic E-state index is -4.87. The number of thiazole rings is 1. The number of sulfonamides is 1. The molecule has 1 aliphatic heterocycles. The van der Waals surface area contributed by atoms with Gasteiger partial charge in [0.05, 0.1) is 10.6 Å². The third kappa shape index (κ3) is 5.42. The second-order valence-corrected chi connectivity index (χ2v) is 9.86. The lowest BCUT2D eigenvalue weighted by Crippen LogP contribution is -2.48. The summed E-state index contributed by atoms with van der Waals surface area (Å²) in [7, 11) is -3.91.